The molecule has 2 N–H and O–H groups in total. The van der Waals surface area contributed by atoms with Gasteiger partial charge in [-0.15, -0.1) is 0 Å². The van der Waals surface area contributed by atoms with E-state index in [1.54, 1.807) is 29.1 Å². The van der Waals surface area contributed by atoms with Gasteiger partial charge < -0.3 is 5.32 Å². The lowest BCUT2D eigenvalue weighted by Crippen LogP contribution is -2.23. The minimum absolute atomic E-state index is 0.0751. The summed E-state index contributed by atoms with van der Waals surface area (Å²) in [6.45, 7) is 0.335. The first-order valence-electron chi connectivity index (χ1n) is 8.81. The lowest BCUT2D eigenvalue weighted by Gasteiger charge is -2.08. The Bertz CT molecular complexity index is 1050. The van der Waals surface area contributed by atoms with E-state index in [2.05, 4.69) is 15.1 Å². The lowest BCUT2D eigenvalue weighted by atomic mass is 10.1. The van der Waals surface area contributed by atoms with Crippen molar-refractivity contribution < 1.29 is 13.2 Å². The first-order chi connectivity index (χ1) is 13.4. The molecular formula is C20H22N4O3S. The van der Waals surface area contributed by atoms with Crippen molar-refractivity contribution in [3.05, 3.63) is 78.1 Å². The Labute approximate surface area is 164 Å². The van der Waals surface area contributed by atoms with Crippen LogP contribution in [0.3, 0.4) is 0 Å². The molecule has 0 aliphatic heterocycles. The Morgan fingerprint density at radius 1 is 1.07 bits per heavy atom. The molecule has 1 aromatic heterocycles. The maximum Gasteiger partial charge on any atom is 0.229 e. The number of nitrogens with zero attached hydrogens (tertiary/aromatic N) is 2. The van der Waals surface area contributed by atoms with Crippen molar-refractivity contribution in [3.8, 4) is 5.69 Å². The van der Waals surface area contributed by atoms with Crippen LogP contribution in [0, 0.1) is 0 Å². The smallest absolute Gasteiger partial charge is 0.229 e. The topological polar surface area (TPSA) is 93.1 Å². The van der Waals surface area contributed by atoms with Gasteiger partial charge in [0.05, 0.1) is 18.1 Å². The molecule has 0 saturated carbocycles. The molecule has 0 aliphatic rings. The van der Waals surface area contributed by atoms with Crippen LogP contribution in [0.5, 0.6) is 0 Å². The van der Waals surface area contributed by atoms with Crippen molar-refractivity contribution in [3.63, 3.8) is 0 Å². The molecule has 1 heterocycles. The molecule has 0 aliphatic carbocycles. The maximum absolute atomic E-state index is 12.1. The van der Waals surface area contributed by atoms with Gasteiger partial charge in [-0.2, -0.15) is 5.10 Å². The van der Waals surface area contributed by atoms with E-state index in [1.807, 2.05) is 42.6 Å². The van der Waals surface area contributed by atoms with Gasteiger partial charge in [-0.3, -0.25) is 9.52 Å². The predicted molar refractivity (Wildman–Crippen MR) is 109 cm³/mol. The molecule has 0 spiro atoms. The summed E-state index contributed by atoms with van der Waals surface area (Å²) in [5.41, 5.74) is 3.25. The number of rotatable bonds is 8. The number of carbonyl (C=O) groups excluding carboxylic acids is 1. The molecule has 0 radical (unpaired) electrons. The van der Waals surface area contributed by atoms with E-state index in [1.165, 1.54) is 0 Å². The third-order valence-electron chi connectivity index (χ3n) is 4.02. The van der Waals surface area contributed by atoms with Gasteiger partial charge in [0.1, 0.15) is 0 Å². The standard InChI is InChI=1S/C20H22N4O3S/c1-28(26,27)23-18-7-5-6-16(12-18)13-21-20(25)11-10-17-14-22-24(15-17)19-8-3-2-4-9-19/h2-9,12,14-15,23H,10-11,13H2,1H3,(H,21,25). The average Bonchev–Trinajstić information content (AvgIpc) is 3.13. The largest absolute Gasteiger partial charge is 0.352 e. The van der Waals surface area contributed by atoms with Crippen LogP contribution in [0.4, 0.5) is 5.69 Å². The van der Waals surface area contributed by atoms with E-state index in [4.69, 9.17) is 0 Å². The molecule has 3 aromatic rings. The second-order valence-corrected chi connectivity index (χ2v) is 8.23. The highest BCUT2D eigenvalue weighted by atomic mass is 32.2. The number of nitrogens with one attached hydrogen (secondary N) is 2. The van der Waals surface area contributed by atoms with Crippen LogP contribution < -0.4 is 10.0 Å². The predicted octanol–water partition coefficient (Wildman–Crippen LogP) is 2.49. The molecule has 2 aromatic carbocycles. The molecule has 0 fully saturated rings. The summed E-state index contributed by atoms with van der Waals surface area (Å²) in [5.74, 6) is -0.0751. The Balaban J connectivity index is 1.49. The molecule has 0 saturated heterocycles. The number of anilines is 1. The van der Waals surface area contributed by atoms with Crippen LogP contribution in [0.15, 0.2) is 67.0 Å². The summed E-state index contributed by atoms with van der Waals surface area (Å²) >= 11 is 0. The number of aromatic nitrogens is 2. The Morgan fingerprint density at radius 2 is 1.86 bits per heavy atom. The normalized spacial score (nSPS) is 11.2. The number of sulfonamides is 1. The second kappa shape index (κ2) is 8.71. The number of hydrogen-bond acceptors (Lipinski definition) is 4. The molecule has 0 bridgehead atoms. The number of carbonyl (C=O) groups is 1. The summed E-state index contributed by atoms with van der Waals surface area (Å²) in [6, 6.07) is 16.7. The highest BCUT2D eigenvalue weighted by Crippen LogP contribution is 2.12. The highest BCUT2D eigenvalue weighted by Gasteiger charge is 2.07. The van der Waals surface area contributed by atoms with Crippen LogP contribution in [0.25, 0.3) is 5.69 Å². The zero-order valence-corrected chi connectivity index (χ0v) is 16.3. The fraction of sp³-hybridized carbons (Fsp3) is 0.200. The van der Waals surface area contributed by atoms with Crippen LogP contribution in [0.1, 0.15) is 17.5 Å². The van der Waals surface area contributed by atoms with Crippen molar-refractivity contribution in [2.24, 2.45) is 0 Å². The van der Waals surface area contributed by atoms with Gasteiger partial charge in [0.15, 0.2) is 0 Å². The number of amides is 1. The summed E-state index contributed by atoms with van der Waals surface area (Å²) in [6.07, 6.45) is 5.72. The average molecular weight is 398 g/mol. The van der Waals surface area contributed by atoms with Crippen molar-refractivity contribution in [2.75, 3.05) is 11.0 Å². The third-order valence-corrected chi connectivity index (χ3v) is 4.62. The molecule has 28 heavy (non-hydrogen) atoms. The van der Waals surface area contributed by atoms with Gasteiger partial charge in [-0.05, 0) is 41.8 Å². The van der Waals surface area contributed by atoms with Crippen LogP contribution >= 0.6 is 0 Å². The summed E-state index contributed by atoms with van der Waals surface area (Å²) in [5, 5.41) is 7.18. The van der Waals surface area contributed by atoms with Crippen molar-refractivity contribution in [1.82, 2.24) is 15.1 Å². The van der Waals surface area contributed by atoms with E-state index in [0.29, 0.717) is 25.1 Å². The summed E-state index contributed by atoms with van der Waals surface area (Å²) in [4.78, 5) is 12.1. The number of benzene rings is 2. The van der Waals surface area contributed by atoms with Gasteiger partial charge in [0, 0.05) is 24.8 Å². The summed E-state index contributed by atoms with van der Waals surface area (Å²) < 4.78 is 26.8. The molecule has 0 atom stereocenters. The van der Waals surface area contributed by atoms with Crippen molar-refractivity contribution >= 4 is 21.6 Å². The number of aryl methyl sites for hydroxylation is 1. The second-order valence-electron chi connectivity index (χ2n) is 6.48. The van der Waals surface area contributed by atoms with E-state index in [-0.39, 0.29) is 5.91 Å². The van der Waals surface area contributed by atoms with E-state index < -0.39 is 10.0 Å². The minimum atomic E-state index is -3.33. The zero-order chi connectivity index (χ0) is 20.0. The van der Waals surface area contributed by atoms with Crippen LogP contribution in [-0.2, 0) is 27.8 Å². The molecule has 3 rings (SSSR count). The lowest BCUT2D eigenvalue weighted by molar-refractivity contribution is -0.121. The molecule has 1 amide bonds. The quantitative estimate of drug-likeness (QED) is 0.610. The van der Waals surface area contributed by atoms with Gasteiger partial charge in [-0.1, -0.05) is 30.3 Å². The van der Waals surface area contributed by atoms with Gasteiger partial charge in [0.2, 0.25) is 15.9 Å². The van der Waals surface area contributed by atoms with E-state index >= 15 is 0 Å². The van der Waals surface area contributed by atoms with Crippen molar-refractivity contribution in [2.45, 2.75) is 19.4 Å². The summed E-state index contributed by atoms with van der Waals surface area (Å²) in [7, 11) is -3.33. The van der Waals surface area contributed by atoms with Crippen LogP contribution in [-0.4, -0.2) is 30.4 Å². The van der Waals surface area contributed by atoms with E-state index in [0.717, 1.165) is 23.1 Å². The fourth-order valence-corrected chi connectivity index (χ4v) is 3.27. The fourth-order valence-electron chi connectivity index (χ4n) is 2.72. The van der Waals surface area contributed by atoms with Gasteiger partial charge in [0.25, 0.3) is 0 Å². The SMILES string of the molecule is CS(=O)(=O)Nc1cccc(CNC(=O)CCc2cnn(-c3ccccc3)c2)c1. The monoisotopic (exact) mass is 398 g/mol. The van der Waals surface area contributed by atoms with Gasteiger partial charge in [-0.25, -0.2) is 13.1 Å². The van der Waals surface area contributed by atoms with E-state index in [9.17, 15) is 13.2 Å². The van der Waals surface area contributed by atoms with Gasteiger partial charge >= 0.3 is 0 Å². The number of hydrogen-bond donors (Lipinski definition) is 2. The first kappa shape index (κ1) is 19.6. The third kappa shape index (κ3) is 5.95. The van der Waals surface area contributed by atoms with Crippen molar-refractivity contribution in [1.29, 1.82) is 0 Å². The highest BCUT2D eigenvalue weighted by molar-refractivity contribution is 7.92. The zero-order valence-electron chi connectivity index (χ0n) is 15.5. The maximum atomic E-state index is 12.1. The molecule has 146 valence electrons. The number of para-hydroxylation sites is 1. The van der Waals surface area contributed by atoms with Crippen LogP contribution in [0.2, 0.25) is 0 Å². The Morgan fingerprint density at radius 3 is 2.61 bits per heavy atom. The Kier molecular flexibility index (Phi) is 6.10. The molecule has 7 nitrogen and oxygen atoms in total. The molecular weight excluding hydrogens is 376 g/mol. The molecule has 8 heteroatoms. The minimum Gasteiger partial charge on any atom is -0.352 e. The molecule has 0 unspecified atom stereocenters. The first-order valence-corrected chi connectivity index (χ1v) is 10.7. The Hall–Kier alpha value is -3.13.